The quantitative estimate of drug-likeness (QED) is 0.551. The number of hydrazine groups is 1. The van der Waals surface area contributed by atoms with Crippen LogP contribution < -0.4 is 11.3 Å². The first kappa shape index (κ1) is 14.5. The highest BCUT2D eigenvalue weighted by Gasteiger charge is 2.16. The lowest BCUT2D eigenvalue weighted by Crippen LogP contribution is -2.29. The Bertz CT molecular complexity index is 772. The van der Waals surface area contributed by atoms with Crippen molar-refractivity contribution in [2.24, 2.45) is 5.84 Å². The normalized spacial score (nSPS) is 12.7. The lowest BCUT2D eigenvalue weighted by Gasteiger charge is -2.18. The van der Waals surface area contributed by atoms with Crippen LogP contribution in [0.5, 0.6) is 0 Å². The van der Waals surface area contributed by atoms with Crippen molar-refractivity contribution in [2.75, 3.05) is 0 Å². The maximum Gasteiger partial charge on any atom is 0.124 e. The standard InChI is InChI=1S/C16H14ClFN2S/c17-14-9-12(18)5-4-11(14)8-15(20-19)13-3-1-2-10-6-7-21-16(10)13/h1-7,9,15,20H,8,19H2. The second-order valence-corrected chi connectivity index (χ2v) is 6.17. The van der Waals surface area contributed by atoms with Gasteiger partial charge in [0.1, 0.15) is 5.82 Å². The molecule has 0 amide bonds. The van der Waals surface area contributed by atoms with Gasteiger partial charge >= 0.3 is 0 Å². The van der Waals surface area contributed by atoms with Crippen molar-refractivity contribution in [3.8, 4) is 0 Å². The van der Waals surface area contributed by atoms with Gasteiger partial charge in [-0.2, -0.15) is 0 Å². The minimum Gasteiger partial charge on any atom is -0.271 e. The molecular formula is C16H14ClFN2S. The van der Waals surface area contributed by atoms with E-state index in [-0.39, 0.29) is 11.9 Å². The third kappa shape index (κ3) is 2.94. The zero-order valence-electron chi connectivity index (χ0n) is 11.1. The molecule has 3 rings (SSSR count). The molecule has 0 radical (unpaired) electrons. The van der Waals surface area contributed by atoms with Crippen LogP contribution in [-0.4, -0.2) is 0 Å². The molecule has 0 aliphatic rings. The SMILES string of the molecule is NNC(Cc1ccc(F)cc1Cl)c1cccc2ccsc12. The van der Waals surface area contributed by atoms with E-state index in [0.717, 1.165) is 11.1 Å². The number of thiophene rings is 1. The molecule has 1 atom stereocenters. The van der Waals surface area contributed by atoms with Crippen molar-refractivity contribution >= 4 is 33.0 Å². The molecule has 1 heterocycles. The summed E-state index contributed by atoms with van der Waals surface area (Å²) in [5.74, 6) is 5.40. The molecule has 5 heteroatoms. The number of benzene rings is 2. The monoisotopic (exact) mass is 320 g/mol. The Kier molecular flexibility index (Phi) is 4.22. The number of halogens is 2. The van der Waals surface area contributed by atoms with E-state index in [1.165, 1.54) is 22.2 Å². The summed E-state index contributed by atoms with van der Waals surface area (Å²) >= 11 is 7.80. The van der Waals surface area contributed by atoms with Gasteiger partial charge in [0.2, 0.25) is 0 Å². The molecule has 0 aliphatic carbocycles. The summed E-state index contributed by atoms with van der Waals surface area (Å²) in [6.45, 7) is 0. The zero-order chi connectivity index (χ0) is 14.8. The molecule has 2 aromatic carbocycles. The van der Waals surface area contributed by atoms with E-state index in [9.17, 15) is 4.39 Å². The number of hydrogen-bond acceptors (Lipinski definition) is 3. The molecule has 2 nitrogen and oxygen atoms in total. The lowest BCUT2D eigenvalue weighted by molar-refractivity contribution is 0.555. The summed E-state index contributed by atoms with van der Waals surface area (Å²) in [6.07, 6.45) is 0.604. The molecule has 1 aromatic heterocycles. The van der Waals surface area contributed by atoms with Gasteiger partial charge in [0.15, 0.2) is 0 Å². The van der Waals surface area contributed by atoms with Crippen LogP contribution in [0.2, 0.25) is 5.02 Å². The number of nitrogens with two attached hydrogens (primary N) is 1. The summed E-state index contributed by atoms with van der Waals surface area (Å²) in [7, 11) is 0. The Balaban J connectivity index is 1.97. The number of fused-ring (bicyclic) bond motifs is 1. The maximum absolute atomic E-state index is 13.1. The fourth-order valence-electron chi connectivity index (χ4n) is 2.46. The second-order valence-electron chi connectivity index (χ2n) is 4.85. The molecular weight excluding hydrogens is 307 g/mol. The molecule has 1 unspecified atom stereocenters. The van der Waals surface area contributed by atoms with Gasteiger partial charge in [0, 0.05) is 9.72 Å². The first-order valence-electron chi connectivity index (χ1n) is 6.55. The van der Waals surface area contributed by atoms with Gasteiger partial charge in [-0.25, -0.2) is 4.39 Å². The van der Waals surface area contributed by atoms with Crippen molar-refractivity contribution < 1.29 is 4.39 Å². The fourth-order valence-corrected chi connectivity index (χ4v) is 3.67. The second kappa shape index (κ2) is 6.12. The molecule has 108 valence electrons. The minimum atomic E-state index is -0.332. The van der Waals surface area contributed by atoms with Gasteiger partial charge in [-0.1, -0.05) is 35.9 Å². The smallest absolute Gasteiger partial charge is 0.124 e. The van der Waals surface area contributed by atoms with Crippen LogP contribution >= 0.6 is 22.9 Å². The lowest BCUT2D eigenvalue weighted by atomic mass is 9.98. The average Bonchev–Trinajstić information content (AvgIpc) is 2.95. The van der Waals surface area contributed by atoms with Crippen LogP contribution in [0, 0.1) is 5.82 Å². The van der Waals surface area contributed by atoms with Crippen LogP contribution in [0.4, 0.5) is 4.39 Å². The Morgan fingerprint density at radius 2 is 2.10 bits per heavy atom. The van der Waals surface area contributed by atoms with E-state index in [1.807, 2.05) is 6.07 Å². The highest BCUT2D eigenvalue weighted by atomic mass is 35.5. The van der Waals surface area contributed by atoms with Crippen molar-refractivity contribution in [1.82, 2.24) is 5.43 Å². The van der Waals surface area contributed by atoms with Gasteiger partial charge in [-0.3, -0.25) is 11.3 Å². The van der Waals surface area contributed by atoms with E-state index in [2.05, 4.69) is 29.0 Å². The maximum atomic E-state index is 13.1. The van der Waals surface area contributed by atoms with E-state index in [0.29, 0.717) is 11.4 Å². The number of hydrogen-bond donors (Lipinski definition) is 2. The molecule has 21 heavy (non-hydrogen) atoms. The molecule has 0 saturated carbocycles. The summed E-state index contributed by atoms with van der Waals surface area (Å²) in [5.41, 5.74) is 4.84. The van der Waals surface area contributed by atoms with Gasteiger partial charge in [-0.15, -0.1) is 11.3 Å². The summed E-state index contributed by atoms with van der Waals surface area (Å²) < 4.78 is 14.3. The van der Waals surface area contributed by atoms with E-state index in [4.69, 9.17) is 17.4 Å². The minimum absolute atomic E-state index is 0.0738. The third-order valence-electron chi connectivity index (χ3n) is 3.53. The first-order chi connectivity index (χ1) is 10.2. The van der Waals surface area contributed by atoms with Crippen molar-refractivity contribution in [1.29, 1.82) is 0 Å². The fraction of sp³-hybridized carbons (Fsp3) is 0.125. The highest BCUT2D eigenvalue weighted by Crippen LogP contribution is 2.31. The summed E-state index contributed by atoms with van der Waals surface area (Å²) in [4.78, 5) is 0. The Morgan fingerprint density at radius 1 is 1.24 bits per heavy atom. The Labute approximate surface area is 131 Å². The molecule has 0 aliphatic heterocycles. The summed E-state index contributed by atoms with van der Waals surface area (Å²) in [5, 5.41) is 3.68. The van der Waals surface area contributed by atoms with Crippen molar-refractivity contribution in [2.45, 2.75) is 12.5 Å². The molecule has 0 bridgehead atoms. The molecule has 0 spiro atoms. The van der Waals surface area contributed by atoms with Crippen molar-refractivity contribution in [3.05, 3.63) is 69.8 Å². The van der Waals surface area contributed by atoms with E-state index >= 15 is 0 Å². The van der Waals surface area contributed by atoms with Gasteiger partial charge < -0.3 is 0 Å². The van der Waals surface area contributed by atoms with Gasteiger partial charge in [0.25, 0.3) is 0 Å². The van der Waals surface area contributed by atoms with Crippen LogP contribution in [-0.2, 0) is 6.42 Å². The predicted molar refractivity (Wildman–Crippen MR) is 87.0 cm³/mol. The molecule has 3 N–H and O–H groups in total. The third-order valence-corrected chi connectivity index (χ3v) is 4.86. The zero-order valence-corrected chi connectivity index (χ0v) is 12.7. The molecule has 0 saturated heterocycles. The highest BCUT2D eigenvalue weighted by molar-refractivity contribution is 7.17. The topological polar surface area (TPSA) is 38.0 Å². The van der Waals surface area contributed by atoms with E-state index in [1.54, 1.807) is 17.4 Å². The Morgan fingerprint density at radius 3 is 2.86 bits per heavy atom. The van der Waals surface area contributed by atoms with Crippen LogP contribution in [0.3, 0.4) is 0 Å². The molecule has 0 fully saturated rings. The average molecular weight is 321 g/mol. The number of rotatable bonds is 4. The summed E-state index contributed by atoms with van der Waals surface area (Å²) in [6, 6.07) is 12.6. The molecule has 3 aromatic rings. The first-order valence-corrected chi connectivity index (χ1v) is 7.81. The van der Waals surface area contributed by atoms with Gasteiger partial charge in [0.05, 0.1) is 6.04 Å². The largest absolute Gasteiger partial charge is 0.271 e. The van der Waals surface area contributed by atoms with Crippen molar-refractivity contribution in [3.63, 3.8) is 0 Å². The van der Waals surface area contributed by atoms with Crippen LogP contribution in [0.1, 0.15) is 17.2 Å². The van der Waals surface area contributed by atoms with Gasteiger partial charge in [-0.05, 0) is 46.5 Å². The Hall–Kier alpha value is -1.46. The van der Waals surface area contributed by atoms with Crippen LogP contribution in [0.15, 0.2) is 47.8 Å². The van der Waals surface area contributed by atoms with E-state index < -0.39 is 0 Å². The predicted octanol–water partition coefficient (Wildman–Crippen LogP) is 4.44. The van der Waals surface area contributed by atoms with Crippen LogP contribution in [0.25, 0.3) is 10.1 Å². The number of nitrogens with one attached hydrogen (secondary N) is 1.